The van der Waals surface area contributed by atoms with Crippen LogP contribution in [-0.4, -0.2) is 41.0 Å². The van der Waals surface area contributed by atoms with E-state index in [1.807, 2.05) is 73.6 Å². The topological polar surface area (TPSA) is 56.6 Å². The molecule has 5 heteroatoms. The summed E-state index contributed by atoms with van der Waals surface area (Å²) < 4.78 is 0. The number of imidazole rings is 1. The molecule has 3 aromatic rings. The van der Waals surface area contributed by atoms with E-state index in [1.54, 1.807) is 6.34 Å². The summed E-state index contributed by atoms with van der Waals surface area (Å²) in [5.41, 5.74) is 3.92. The molecule has 23 heavy (non-hydrogen) atoms. The standard InChI is InChI=1S/C18H19N5/c1-23(2)13-19-22-17(14-8-4-3-5-9-14)12-18-20-15-10-6-7-11-16(15)21-18/h3-11,13H,12H2,1-2H3,(H,20,21)/b19-13+,22-17-. The number of hydrogen-bond acceptors (Lipinski definition) is 3. The van der Waals surface area contributed by atoms with Gasteiger partial charge in [-0.2, -0.15) is 5.10 Å². The van der Waals surface area contributed by atoms with E-state index in [1.165, 1.54) is 0 Å². The smallest absolute Gasteiger partial charge is 0.113 e. The van der Waals surface area contributed by atoms with E-state index >= 15 is 0 Å². The highest BCUT2D eigenvalue weighted by Crippen LogP contribution is 2.13. The van der Waals surface area contributed by atoms with E-state index in [0.29, 0.717) is 6.42 Å². The minimum absolute atomic E-state index is 0.601. The molecule has 116 valence electrons. The monoisotopic (exact) mass is 305 g/mol. The molecule has 0 radical (unpaired) electrons. The molecule has 0 spiro atoms. The van der Waals surface area contributed by atoms with Gasteiger partial charge in [0.15, 0.2) is 0 Å². The summed E-state index contributed by atoms with van der Waals surface area (Å²) in [6, 6.07) is 18.1. The molecule has 0 aliphatic rings. The third-order valence-corrected chi connectivity index (χ3v) is 3.34. The molecule has 0 atom stereocenters. The van der Waals surface area contributed by atoms with Gasteiger partial charge in [-0.25, -0.2) is 4.98 Å². The second-order valence-corrected chi connectivity index (χ2v) is 5.48. The van der Waals surface area contributed by atoms with E-state index in [9.17, 15) is 0 Å². The molecule has 0 saturated carbocycles. The molecular formula is C18H19N5. The van der Waals surface area contributed by atoms with E-state index in [0.717, 1.165) is 28.1 Å². The normalized spacial score (nSPS) is 12.2. The largest absolute Gasteiger partial charge is 0.367 e. The number of benzene rings is 2. The molecule has 2 aromatic carbocycles. The maximum atomic E-state index is 4.62. The first kappa shape index (κ1) is 15.0. The van der Waals surface area contributed by atoms with Crippen LogP contribution in [0.15, 0.2) is 64.8 Å². The zero-order valence-corrected chi connectivity index (χ0v) is 13.3. The molecule has 0 amide bonds. The lowest BCUT2D eigenvalue weighted by molar-refractivity contribution is 0.640. The average molecular weight is 305 g/mol. The Morgan fingerprint density at radius 1 is 1.09 bits per heavy atom. The van der Waals surface area contributed by atoms with Crippen molar-refractivity contribution in [1.82, 2.24) is 14.9 Å². The van der Waals surface area contributed by atoms with Crippen LogP contribution in [0.3, 0.4) is 0 Å². The summed E-state index contributed by atoms with van der Waals surface area (Å²) in [4.78, 5) is 9.82. The Hall–Kier alpha value is -2.95. The molecule has 3 rings (SSSR count). The van der Waals surface area contributed by atoms with Crippen molar-refractivity contribution in [3.05, 3.63) is 66.0 Å². The molecule has 5 nitrogen and oxygen atoms in total. The van der Waals surface area contributed by atoms with Crippen molar-refractivity contribution in [1.29, 1.82) is 0 Å². The van der Waals surface area contributed by atoms with E-state index in [4.69, 9.17) is 0 Å². The number of rotatable bonds is 5. The van der Waals surface area contributed by atoms with Crippen LogP contribution < -0.4 is 0 Å². The zero-order chi connectivity index (χ0) is 16.1. The minimum Gasteiger partial charge on any atom is -0.367 e. The SMILES string of the molecule is CN(C)/C=N/N=C(/Cc1nc2ccccc2[nH]1)c1ccccc1. The molecule has 1 heterocycles. The van der Waals surface area contributed by atoms with E-state index in [2.05, 4.69) is 20.2 Å². The number of fused-ring (bicyclic) bond motifs is 1. The second-order valence-electron chi connectivity index (χ2n) is 5.48. The van der Waals surface area contributed by atoms with Crippen molar-refractivity contribution in [3.63, 3.8) is 0 Å². The Kier molecular flexibility index (Phi) is 4.47. The summed E-state index contributed by atoms with van der Waals surface area (Å²) >= 11 is 0. The lowest BCUT2D eigenvalue weighted by Crippen LogP contribution is -2.09. The maximum Gasteiger partial charge on any atom is 0.113 e. The number of aromatic nitrogens is 2. The van der Waals surface area contributed by atoms with Gasteiger partial charge in [-0.05, 0) is 17.7 Å². The van der Waals surface area contributed by atoms with E-state index in [-0.39, 0.29) is 0 Å². The molecule has 0 aliphatic heterocycles. The van der Waals surface area contributed by atoms with Crippen molar-refractivity contribution in [2.45, 2.75) is 6.42 Å². The van der Waals surface area contributed by atoms with Gasteiger partial charge in [0.1, 0.15) is 12.2 Å². The lowest BCUT2D eigenvalue weighted by atomic mass is 10.1. The molecule has 0 aliphatic carbocycles. The van der Waals surface area contributed by atoms with Crippen LogP contribution in [0.25, 0.3) is 11.0 Å². The van der Waals surface area contributed by atoms with Crippen molar-refractivity contribution < 1.29 is 0 Å². The minimum atomic E-state index is 0.601. The van der Waals surface area contributed by atoms with Gasteiger partial charge in [-0.3, -0.25) is 0 Å². The number of H-pyrrole nitrogens is 1. The number of hydrogen-bond donors (Lipinski definition) is 1. The van der Waals surface area contributed by atoms with Crippen LogP contribution in [0.1, 0.15) is 11.4 Å². The molecule has 1 N–H and O–H groups in total. The Morgan fingerprint density at radius 2 is 1.83 bits per heavy atom. The van der Waals surface area contributed by atoms with Gasteiger partial charge < -0.3 is 9.88 Å². The van der Waals surface area contributed by atoms with Gasteiger partial charge in [0.05, 0.1) is 23.2 Å². The summed E-state index contributed by atoms with van der Waals surface area (Å²) in [5.74, 6) is 0.883. The molecule has 1 aromatic heterocycles. The summed E-state index contributed by atoms with van der Waals surface area (Å²) in [5, 5.41) is 8.53. The third-order valence-electron chi connectivity index (χ3n) is 3.34. The third kappa shape index (κ3) is 3.83. The van der Waals surface area contributed by atoms with Crippen molar-refractivity contribution >= 4 is 23.1 Å². The van der Waals surface area contributed by atoms with Crippen LogP contribution in [0, 0.1) is 0 Å². The average Bonchev–Trinajstić information content (AvgIpc) is 2.97. The van der Waals surface area contributed by atoms with Gasteiger partial charge >= 0.3 is 0 Å². The maximum absolute atomic E-state index is 4.62. The second kappa shape index (κ2) is 6.87. The quantitative estimate of drug-likeness (QED) is 0.447. The van der Waals surface area contributed by atoms with Crippen molar-refractivity contribution in [2.75, 3.05) is 14.1 Å². The Labute approximate surface area is 135 Å². The summed E-state index contributed by atoms with van der Waals surface area (Å²) in [6.45, 7) is 0. The van der Waals surface area contributed by atoms with Crippen LogP contribution in [0.4, 0.5) is 0 Å². The van der Waals surface area contributed by atoms with Gasteiger partial charge in [0, 0.05) is 14.1 Å². The summed E-state index contributed by atoms with van der Waals surface area (Å²) in [7, 11) is 3.83. The predicted molar refractivity (Wildman–Crippen MR) is 95.0 cm³/mol. The Bertz CT molecular complexity index is 798. The number of nitrogens with zero attached hydrogens (tertiary/aromatic N) is 4. The first-order valence-electron chi connectivity index (χ1n) is 7.48. The number of para-hydroxylation sites is 2. The van der Waals surface area contributed by atoms with Crippen LogP contribution in [-0.2, 0) is 6.42 Å². The van der Waals surface area contributed by atoms with Crippen LogP contribution >= 0.6 is 0 Å². The van der Waals surface area contributed by atoms with Gasteiger partial charge in [-0.15, -0.1) is 5.10 Å². The Balaban J connectivity index is 1.91. The van der Waals surface area contributed by atoms with Crippen molar-refractivity contribution in [2.24, 2.45) is 10.2 Å². The number of aromatic amines is 1. The highest BCUT2D eigenvalue weighted by Gasteiger charge is 2.09. The van der Waals surface area contributed by atoms with Gasteiger partial charge in [0.2, 0.25) is 0 Å². The van der Waals surface area contributed by atoms with Gasteiger partial charge in [0.25, 0.3) is 0 Å². The zero-order valence-electron chi connectivity index (χ0n) is 13.3. The first-order valence-corrected chi connectivity index (χ1v) is 7.48. The van der Waals surface area contributed by atoms with Gasteiger partial charge in [-0.1, -0.05) is 42.5 Å². The highest BCUT2D eigenvalue weighted by molar-refractivity contribution is 6.01. The van der Waals surface area contributed by atoms with Crippen LogP contribution in [0.5, 0.6) is 0 Å². The fourth-order valence-electron chi connectivity index (χ4n) is 2.27. The summed E-state index contributed by atoms with van der Waals surface area (Å²) in [6.07, 6.45) is 2.28. The predicted octanol–water partition coefficient (Wildman–Crippen LogP) is 3.10. The highest BCUT2D eigenvalue weighted by atomic mass is 15.3. The van der Waals surface area contributed by atoms with Crippen molar-refractivity contribution in [3.8, 4) is 0 Å². The lowest BCUT2D eigenvalue weighted by Gasteiger charge is -2.04. The number of nitrogens with one attached hydrogen (secondary N) is 1. The molecular weight excluding hydrogens is 286 g/mol. The molecule has 0 fully saturated rings. The molecule has 0 unspecified atom stereocenters. The molecule has 0 bridgehead atoms. The fraction of sp³-hybridized carbons (Fsp3) is 0.167. The fourth-order valence-corrected chi connectivity index (χ4v) is 2.27. The molecule has 0 saturated heterocycles. The van der Waals surface area contributed by atoms with E-state index < -0.39 is 0 Å². The first-order chi connectivity index (χ1) is 11.2. The van der Waals surface area contributed by atoms with Crippen LogP contribution in [0.2, 0.25) is 0 Å². The Morgan fingerprint density at radius 3 is 2.57 bits per heavy atom.